The first-order chi connectivity index (χ1) is 9.97. The number of halogens is 1. The fourth-order valence-corrected chi connectivity index (χ4v) is 2.87. The molecule has 0 amide bonds. The van der Waals surface area contributed by atoms with Crippen LogP contribution in [0.3, 0.4) is 0 Å². The number of hydrogen-bond acceptors (Lipinski definition) is 5. The van der Waals surface area contributed by atoms with E-state index in [9.17, 15) is 8.42 Å². The molecule has 0 aliphatic carbocycles. The third-order valence-electron chi connectivity index (χ3n) is 2.82. The van der Waals surface area contributed by atoms with Crippen molar-refractivity contribution in [2.45, 2.75) is 32.0 Å². The maximum atomic E-state index is 11.5. The van der Waals surface area contributed by atoms with E-state index in [0.29, 0.717) is 24.7 Å². The van der Waals surface area contributed by atoms with Gasteiger partial charge in [-0.1, -0.05) is 19.1 Å². The molecule has 0 radical (unpaired) electrons. The van der Waals surface area contributed by atoms with Gasteiger partial charge in [0, 0.05) is 22.8 Å². The maximum Gasteiger partial charge on any atom is 0.296 e. The number of hydrogen-bond donors (Lipinski definition) is 0. The largest absolute Gasteiger partial charge is 0.494 e. The fourth-order valence-electron chi connectivity index (χ4n) is 1.91. The molecule has 0 aliphatic heterocycles. The van der Waals surface area contributed by atoms with E-state index in [1.807, 2.05) is 25.1 Å². The average Bonchev–Trinajstić information content (AvgIpc) is 2.89. The predicted octanol–water partition coefficient (Wildman–Crippen LogP) is 2.68. The zero-order chi connectivity index (χ0) is 15.5. The van der Waals surface area contributed by atoms with E-state index in [1.54, 1.807) is 13.0 Å². The molecule has 0 unspecified atom stereocenters. The highest BCUT2D eigenvalue weighted by atomic mass is 35.7. The third-order valence-corrected chi connectivity index (χ3v) is 3.97. The summed E-state index contributed by atoms with van der Waals surface area (Å²) in [6.07, 6.45) is 0.907. The van der Waals surface area contributed by atoms with Crippen molar-refractivity contribution >= 4 is 19.7 Å². The molecule has 1 heterocycles. The van der Waals surface area contributed by atoms with Crippen molar-refractivity contribution in [2.24, 2.45) is 0 Å². The van der Waals surface area contributed by atoms with Gasteiger partial charge in [-0.15, -0.1) is 10.2 Å². The van der Waals surface area contributed by atoms with Gasteiger partial charge in [-0.05, 0) is 25.5 Å². The lowest BCUT2D eigenvalue weighted by atomic mass is 10.2. The molecule has 1 aromatic carbocycles. The molecule has 0 fully saturated rings. The van der Waals surface area contributed by atoms with Gasteiger partial charge in [-0.3, -0.25) is 4.57 Å². The lowest BCUT2D eigenvalue weighted by molar-refractivity contribution is 0.317. The van der Waals surface area contributed by atoms with Gasteiger partial charge in [0.05, 0.1) is 6.61 Å². The summed E-state index contributed by atoms with van der Waals surface area (Å²) in [5.41, 5.74) is 0.726. The first kappa shape index (κ1) is 15.8. The van der Waals surface area contributed by atoms with Crippen LogP contribution in [0, 0.1) is 0 Å². The molecule has 6 nitrogen and oxygen atoms in total. The van der Waals surface area contributed by atoms with E-state index >= 15 is 0 Å². The van der Waals surface area contributed by atoms with Crippen molar-refractivity contribution in [3.05, 3.63) is 24.3 Å². The summed E-state index contributed by atoms with van der Waals surface area (Å²) < 4.78 is 30.0. The minimum atomic E-state index is -3.93. The topological polar surface area (TPSA) is 74.1 Å². The Morgan fingerprint density at radius 1 is 1.29 bits per heavy atom. The number of ether oxygens (including phenoxy) is 1. The quantitative estimate of drug-likeness (QED) is 0.762. The van der Waals surface area contributed by atoms with Crippen LogP contribution in [0.15, 0.2) is 29.4 Å². The second-order valence-corrected chi connectivity index (χ2v) is 6.82. The Balaban J connectivity index is 2.45. The second-order valence-electron chi connectivity index (χ2n) is 4.36. The number of aromatic nitrogens is 3. The first-order valence-electron chi connectivity index (χ1n) is 6.58. The van der Waals surface area contributed by atoms with E-state index in [-0.39, 0.29) is 5.16 Å². The highest BCUT2D eigenvalue weighted by molar-refractivity contribution is 8.13. The van der Waals surface area contributed by atoms with Crippen LogP contribution in [0.4, 0.5) is 0 Å². The molecule has 114 valence electrons. The summed E-state index contributed by atoms with van der Waals surface area (Å²) in [5.74, 6) is 1.15. The first-order valence-corrected chi connectivity index (χ1v) is 8.89. The third kappa shape index (κ3) is 3.54. The van der Waals surface area contributed by atoms with E-state index in [0.717, 1.165) is 12.0 Å². The van der Waals surface area contributed by atoms with Gasteiger partial charge in [0.25, 0.3) is 14.2 Å². The summed E-state index contributed by atoms with van der Waals surface area (Å²) >= 11 is 0. The Kier molecular flexibility index (Phi) is 4.84. The van der Waals surface area contributed by atoms with Crippen molar-refractivity contribution in [1.29, 1.82) is 0 Å². The van der Waals surface area contributed by atoms with Crippen molar-refractivity contribution in [3.63, 3.8) is 0 Å². The molecule has 8 heteroatoms. The van der Waals surface area contributed by atoms with Crippen LogP contribution in [0.1, 0.15) is 20.3 Å². The zero-order valence-electron chi connectivity index (χ0n) is 11.8. The van der Waals surface area contributed by atoms with E-state index in [2.05, 4.69) is 10.2 Å². The molecular weight excluding hydrogens is 314 g/mol. The summed E-state index contributed by atoms with van der Waals surface area (Å²) in [7, 11) is 1.44. The molecule has 21 heavy (non-hydrogen) atoms. The van der Waals surface area contributed by atoms with E-state index in [1.165, 1.54) is 4.57 Å². The molecule has 0 saturated heterocycles. The molecule has 0 N–H and O–H groups in total. The smallest absolute Gasteiger partial charge is 0.296 e. The average molecular weight is 330 g/mol. The Bertz CT molecular complexity index is 728. The number of rotatable bonds is 6. The Morgan fingerprint density at radius 2 is 2.05 bits per heavy atom. The van der Waals surface area contributed by atoms with Gasteiger partial charge >= 0.3 is 0 Å². The lowest BCUT2D eigenvalue weighted by Crippen LogP contribution is -2.06. The molecule has 0 atom stereocenters. The Labute approximate surface area is 128 Å². The van der Waals surface area contributed by atoms with Crippen LogP contribution < -0.4 is 4.74 Å². The Morgan fingerprint density at radius 3 is 2.67 bits per heavy atom. The minimum Gasteiger partial charge on any atom is -0.494 e. The van der Waals surface area contributed by atoms with Crippen molar-refractivity contribution in [3.8, 4) is 17.1 Å². The van der Waals surface area contributed by atoms with Gasteiger partial charge in [0.2, 0.25) is 0 Å². The number of nitrogens with zero attached hydrogens (tertiary/aromatic N) is 3. The van der Waals surface area contributed by atoms with Crippen LogP contribution in [-0.4, -0.2) is 29.8 Å². The van der Waals surface area contributed by atoms with Crippen LogP contribution in [0.25, 0.3) is 11.4 Å². The van der Waals surface area contributed by atoms with Crippen molar-refractivity contribution in [2.75, 3.05) is 6.61 Å². The predicted molar refractivity (Wildman–Crippen MR) is 80.0 cm³/mol. The van der Waals surface area contributed by atoms with Gasteiger partial charge in [-0.2, -0.15) is 0 Å². The normalized spacial score (nSPS) is 11.6. The molecule has 1 aromatic heterocycles. The SMILES string of the molecule is CCCOc1cccc(-c2nnc(S(=O)(=O)Cl)n2CC)c1. The molecule has 0 bridgehead atoms. The highest BCUT2D eigenvalue weighted by Crippen LogP contribution is 2.25. The minimum absolute atomic E-state index is 0.249. The zero-order valence-corrected chi connectivity index (χ0v) is 13.4. The summed E-state index contributed by atoms with van der Waals surface area (Å²) in [6, 6.07) is 7.28. The van der Waals surface area contributed by atoms with Crippen LogP contribution in [0.5, 0.6) is 5.75 Å². The fraction of sp³-hybridized carbons (Fsp3) is 0.385. The monoisotopic (exact) mass is 329 g/mol. The van der Waals surface area contributed by atoms with Crippen molar-refractivity contribution < 1.29 is 13.2 Å². The Hall–Kier alpha value is -1.60. The summed E-state index contributed by atoms with van der Waals surface area (Å²) in [5, 5.41) is 7.37. The van der Waals surface area contributed by atoms with Crippen LogP contribution in [-0.2, 0) is 15.6 Å². The van der Waals surface area contributed by atoms with Gasteiger partial charge in [0.15, 0.2) is 5.82 Å². The maximum absolute atomic E-state index is 11.5. The number of benzene rings is 1. The van der Waals surface area contributed by atoms with Crippen LogP contribution >= 0.6 is 10.7 Å². The molecular formula is C13H16ClN3O3S. The van der Waals surface area contributed by atoms with Gasteiger partial charge in [0.1, 0.15) is 5.75 Å². The molecule has 2 aromatic rings. The summed E-state index contributed by atoms with van der Waals surface area (Å²) in [4.78, 5) is 0. The van der Waals surface area contributed by atoms with Crippen LogP contribution in [0.2, 0.25) is 0 Å². The molecule has 2 rings (SSSR count). The van der Waals surface area contributed by atoms with E-state index < -0.39 is 9.05 Å². The highest BCUT2D eigenvalue weighted by Gasteiger charge is 2.22. The van der Waals surface area contributed by atoms with Gasteiger partial charge < -0.3 is 4.74 Å². The van der Waals surface area contributed by atoms with Crippen molar-refractivity contribution in [1.82, 2.24) is 14.8 Å². The molecule has 0 saturated carbocycles. The second kappa shape index (κ2) is 6.44. The summed E-state index contributed by atoms with van der Waals surface area (Å²) in [6.45, 7) is 4.83. The molecule has 0 spiro atoms. The van der Waals surface area contributed by atoms with Gasteiger partial charge in [-0.25, -0.2) is 8.42 Å². The molecule has 0 aliphatic rings. The standard InChI is InChI=1S/C13H16ClN3O3S/c1-3-8-20-11-7-5-6-10(9-11)12-15-16-13(17(12)4-2)21(14,18)19/h5-7,9H,3-4,8H2,1-2H3. The lowest BCUT2D eigenvalue weighted by Gasteiger charge is -2.08. The van der Waals surface area contributed by atoms with E-state index in [4.69, 9.17) is 15.4 Å².